The topological polar surface area (TPSA) is 111 Å². The van der Waals surface area contributed by atoms with Crippen molar-refractivity contribution in [3.05, 3.63) is 32.0 Å². The zero-order chi connectivity index (χ0) is 27.2. The summed E-state index contributed by atoms with van der Waals surface area (Å²) in [5, 5.41) is 6.42. The summed E-state index contributed by atoms with van der Waals surface area (Å²) in [5.74, 6) is -1.72. The average Bonchev–Trinajstić information content (AvgIpc) is 3.25. The number of amides is 2. The molecule has 0 aliphatic carbocycles. The quantitative estimate of drug-likeness (QED) is 0.339. The molecule has 2 aromatic heterocycles. The second-order valence-corrected chi connectivity index (χ2v) is 11.3. The lowest BCUT2D eigenvalue weighted by Crippen LogP contribution is -2.20. The van der Waals surface area contributed by atoms with E-state index in [9.17, 15) is 19.2 Å². The van der Waals surface area contributed by atoms with Crippen molar-refractivity contribution in [2.45, 2.75) is 93.3 Å². The Kier molecular flexibility index (Phi) is 10.7. The molecular formula is C26H36N2O6S2. The standard InChI is InChI=1S/C26H36N2O6S2/c1-9-17-15(7)35-23(21(17)25(31)33-13(3)4)27-19(29)11-12-20(30)28-24-22(26(32)34-14(5)6)18(10-2)16(8)36-24/h13-14H,9-12H2,1-8H3,(H,27,29)(H,28,30). The van der Waals surface area contributed by atoms with E-state index >= 15 is 0 Å². The SMILES string of the molecule is CCc1c(C)sc(NC(=O)CCC(=O)Nc2sc(C)c(CC)c2C(=O)OC(C)C)c1C(=O)OC(C)C. The van der Waals surface area contributed by atoms with Crippen LogP contribution in [0.3, 0.4) is 0 Å². The average molecular weight is 537 g/mol. The predicted molar refractivity (Wildman–Crippen MR) is 144 cm³/mol. The van der Waals surface area contributed by atoms with Crippen LogP contribution in [0.15, 0.2) is 0 Å². The van der Waals surface area contributed by atoms with E-state index in [-0.39, 0.29) is 36.9 Å². The Morgan fingerprint density at radius 3 is 1.31 bits per heavy atom. The van der Waals surface area contributed by atoms with Gasteiger partial charge in [0, 0.05) is 22.6 Å². The van der Waals surface area contributed by atoms with E-state index in [2.05, 4.69) is 10.6 Å². The number of nitrogens with one attached hydrogen (secondary N) is 2. The zero-order valence-corrected chi connectivity index (χ0v) is 23.9. The molecule has 0 radical (unpaired) electrons. The molecule has 0 bridgehead atoms. The second kappa shape index (κ2) is 13.0. The molecule has 0 fully saturated rings. The molecule has 2 amide bonds. The summed E-state index contributed by atoms with van der Waals surface area (Å²) < 4.78 is 10.7. The van der Waals surface area contributed by atoms with Gasteiger partial charge in [-0.2, -0.15) is 0 Å². The molecule has 0 saturated heterocycles. The number of carbonyl (C=O) groups excluding carboxylic acids is 4. The summed E-state index contributed by atoms with van der Waals surface area (Å²) in [7, 11) is 0. The van der Waals surface area contributed by atoms with Crippen molar-refractivity contribution >= 4 is 56.4 Å². The van der Waals surface area contributed by atoms with E-state index in [0.717, 1.165) is 20.9 Å². The number of anilines is 2. The number of carbonyl (C=O) groups is 4. The van der Waals surface area contributed by atoms with E-state index in [4.69, 9.17) is 9.47 Å². The van der Waals surface area contributed by atoms with Crippen molar-refractivity contribution < 1.29 is 28.7 Å². The fourth-order valence-corrected chi connectivity index (χ4v) is 6.07. The minimum Gasteiger partial charge on any atom is -0.459 e. The highest BCUT2D eigenvalue weighted by molar-refractivity contribution is 7.17. The summed E-state index contributed by atoms with van der Waals surface area (Å²) >= 11 is 2.64. The molecule has 198 valence electrons. The first-order valence-electron chi connectivity index (χ1n) is 12.2. The molecule has 0 aromatic carbocycles. The Hall–Kier alpha value is -2.72. The fourth-order valence-electron chi connectivity index (χ4n) is 3.77. The maximum absolute atomic E-state index is 12.7. The van der Waals surface area contributed by atoms with Gasteiger partial charge in [0.05, 0.1) is 23.3 Å². The van der Waals surface area contributed by atoms with Gasteiger partial charge in [0.1, 0.15) is 10.0 Å². The molecule has 2 N–H and O–H groups in total. The van der Waals surface area contributed by atoms with Gasteiger partial charge >= 0.3 is 11.9 Å². The third-order valence-corrected chi connectivity index (χ3v) is 7.43. The van der Waals surface area contributed by atoms with Crippen LogP contribution in [0, 0.1) is 13.8 Å². The highest BCUT2D eigenvalue weighted by atomic mass is 32.1. The second-order valence-electron chi connectivity index (χ2n) is 8.89. The first kappa shape index (κ1) is 29.5. The molecule has 8 nitrogen and oxygen atoms in total. The Balaban J connectivity index is 2.10. The number of aryl methyl sites for hydroxylation is 2. The third-order valence-electron chi connectivity index (χ3n) is 5.30. The number of hydrogen-bond donors (Lipinski definition) is 2. The van der Waals surface area contributed by atoms with Gasteiger partial charge in [-0.1, -0.05) is 13.8 Å². The van der Waals surface area contributed by atoms with E-state index in [0.29, 0.717) is 34.0 Å². The Morgan fingerprint density at radius 1 is 0.694 bits per heavy atom. The smallest absolute Gasteiger partial charge is 0.341 e. The number of thiophene rings is 2. The van der Waals surface area contributed by atoms with E-state index in [1.54, 1.807) is 27.7 Å². The van der Waals surface area contributed by atoms with Gasteiger partial charge in [-0.3, -0.25) is 9.59 Å². The first-order chi connectivity index (χ1) is 16.9. The van der Waals surface area contributed by atoms with Crippen LogP contribution in [0.4, 0.5) is 10.0 Å². The van der Waals surface area contributed by atoms with Gasteiger partial charge < -0.3 is 20.1 Å². The first-order valence-corrected chi connectivity index (χ1v) is 13.8. The molecular weight excluding hydrogens is 500 g/mol. The monoisotopic (exact) mass is 536 g/mol. The highest BCUT2D eigenvalue weighted by Crippen LogP contribution is 2.35. The van der Waals surface area contributed by atoms with Crippen LogP contribution in [0.1, 0.15) is 96.0 Å². The van der Waals surface area contributed by atoms with E-state index in [1.807, 2.05) is 27.7 Å². The summed E-state index contributed by atoms with van der Waals surface area (Å²) in [5.41, 5.74) is 2.44. The summed E-state index contributed by atoms with van der Waals surface area (Å²) in [6, 6.07) is 0. The Bertz CT molecular complexity index is 1040. The largest absolute Gasteiger partial charge is 0.459 e. The number of rotatable bonds is 11. The molecule has 10 heteroatoms. The van der Waals surface area contributed by atoms with Crippen LogP contribution in [0.5, 0.6) is 0 Å². The molecule has 0 aliphatic rings. The van der Waals surface area contributed by atoms with Gasteiger partial charge in [0.2, 0.25) is 11.8 Å². The maximum atomic E-state index is 12.7. The van der Waals surface area contributed by atoms with Crippen molar-refractivity contribution in [2.75, 3.05) is 10.6 Å². The molecule has 2 heterocycles. The van der Waals surface area contributed by atoms with Gasteiger partial charge in [-0.05, 0) is 65.5 Å². The van der Waals surface area contributed by atoms with Crippen LogP contribution in [0.2, 0.25) is 0 Å². The summed E-state index contributed by atoms with van der Waals surface area (Å²) in [6.45, 7) is 14.8. The molecule has 0 spiro atoms. The number of hydrogen-bond acceptors (Lipinski definition) is 8. The van der Waals surface area contributed by atoms with Crippen molar-refractivity contribution in [2.24, 2.45) is 0 Å². The normalized spacial score (nSPS) is 11.1. The molecule has 2 aromatic rings. The van der Waals surface area contributed by atoms with Gasteiger partial charge in [-0.15, -0.1) is 22.7 Å². The van der Waals surface area contributed by atoms with E-state index < -0.39 is 11.9 Å². The van der Waals surface area contributed by atoms with Crippen molar-refractivity contribution in [3.63, 3.8) is 0 Å². The molecule has 36 heavy (non-hydrogen) atoms. The maximum Gasteiger partial charge on any atom is 0.341 e. The van der Waals surface area contributed by atoms with Crippen molar-refractivity contribution in [1.29, 1.82) is 0 Å². The molecule has 0 unspecified atom stereocenters. The number of esters is 2. The minimum atomic E-state index is -0.472. The molecule has 0 atom stereocenters. The summed E-state index contributed by atoms with van der Waals surface area (Å²) in [4.78, 5) is 52.5. The van der Waals surface area contributed by atoms with Gasteiger partial charge in [-0.25, -0.2) is 9.59 Å². The fraction of sp³-hybridized carbons (Fsp3) is 0.538. The number of ether oxygens (including phenoxy) is 2. The van der Waals surface area contributed by atoms with Crippen molar-refractivity contribution in [1.82, 2.24) is 0 Å². The van der Waals surface area contributed by atoms with Crippen LogP contribution < -0.4 is 10.6 Å². The summed E-state index contributed by atoms with van der Waals surface area (Å²) in [6.07, 6.45) is 0.521. The zero-order valence-electron chi connectivity index (χ0n) is 22.2. The molecule has 2 rings (SSSR count). The molecule has 0 saturated carbocycles. The van der Waals surface area contributed by atoms with Gasteiger partial charge in [0.25, 0.3) is 0 Å². The van der Waals surface area contributed by atoms with Crippen LogP contribution in [0.25, 0.3) is 0 Å². The predicted octanol–water partition coefficient (Wildman–Crippen LogP) is 6.04. The molecule has 0 aliphatic heterocycles. The lowest BCUT2D eigenvalue weighted by atomic mass is 10.1. The Morgan fingerprint density at radius 2 is 1.03 bits per heavy atom. The Labute approximate surface area is 220 Å². The lowest BCUT2D eigenvalue weighted by molar-refractivity contribution is -0.121. The van der Waals surface area contributed by atoms with Crippen LogP contribution in [-0.4, -0.2) is 36.0 Å². The third kappa shape index (κ3) is 7.39. The van der Waals surface area contributed by atoms with Crippen LogP contribution >= 0.6 is 22.7 Å². The minimum absolute atomic E-state index is 0.0837. The lowest BCUT2D eigenvalue weighted by Gasteiger charge is -2.12. The van der Waals surface area contributed by atoms with E-state index in [1.165, 1.54) is 22.7 Å². The van der Waals surface area contributed by atoms with Crippen molar-refractivity contribution in [3.8, 4) is 0 Å². The highest BCUT2D eigenvalue weighted by Gasteiger charge is 2.26. The van der Waals surface area contributed by atoms with Gasteiger partial charge in [0.15, 0.2) is 0 Å². The van der Waals surface area contributed by atoms with Crippen LogP contribution in [-0.2, 0) is 31.9 Å².